The maximum absolute atomic E-state index is 5.46. The number of H-pyrrole nitrogens is 2. The van der Waals surface area contributed by atoms with Crippen molar-refractivity contribution in [2.24, 2.45) is 0 Å². The first-order valence-corrected chi connectivity index (χ1v) is 24.4. The molecule has 8 heterocycles. The molecule has 10 aromatic rings. The molecule has 0 saturated heterocycles. The predicted molar refractivity (Wildman–Crippen MR) is 287 cm³/mol. The lowest BCUT2D eigenvalue weighted by Crippen LogP contribution is -3.00. The molecule has 0 atom stereocenters. The molecule has 0 saturated carbocycles. The monoisotopic (exact) mass is 1170 g/mol. The van der Waals surface area contributed by atoms with Crippen LogP contribution in [0.2, 0.25) is 0 Å². The van der Waals surface area contributed by atoms with Gasteiger partial charge in [0.25, 0.3) is 0 Å². The number of aromatic amines is 2. The number of fused-ring (bicyclic) bond motifs is 10. The Hall–Kier alpha value is -7.67. The van der Waals surface area contributed by atoms with Crippen molar-refractivity contribution in [1.29, 1.82) is 0 Å². The molecule has 2 aliphatic heterocycles. The highest BCUT2D eigenvalue weighted by molar-refractivity contribution is 5.99. The molecule has 4 aromatic carbocycles. The van der Waals surface area contributed by atoms with Gasteiger partial charge in [0, 0.05) is 93.5 Å². The molecule has 0 amide bonds. The highest BCUT2D eigenvalue weighted by atomic mass is 79.9. The molecular weight excluding hydrogens is 1120 g/mol. The second-order valence-electron chi connectivity index (χ2n) is 18.4. The van der Waals surface area contributed by atoms with E-state index in [0.717, 1.165) is 115 Å². The van der Waals surface area contributed by atoms with Crippen molar-refractivity contribution in [2.75, 3.05) is 7.11 Å². The molecule has 75 heavy (non-hydrogen) atoms. The summed E-state index contributed by atoms with van der Waals surface area (Å²) in [5, 5.41) is 0. The molecule has 0 fully saturated rings. The normalized spacial score (nSPS) is 11.6. The van der Waals surface area contributed by atoms with Crippen LogP contribution in [-0.2, 0) is 31.0 Å². The average molecular weight is 1170 g/mol. The van der Waals surface area contributed by atoms with Crippen molar-refractivity contribution in [2.45, 2.75) is 26.2 Å². The van der Waals surface area contributed by atoms with E-state index >= 15 is 0 Å². The fraction of sp³-hybridized carbons (Fsp3) is 0.0781. The average Bonchev–Trinajstić information content (AvgIpc) is 4.25. The fourth-order valence-electron chi connectivity index (χ4n) is 9.71. The summed E-state index contributed by atoms with van der Waals surface area (Å²) in [6, 6.07) is 66.9. The Kier molecular flexibility index (Phi) is 16.5. The number of hydrogen-bond acceptors (Lipinski definition) is 3. The Morgan fingerprint density at radius 1 is 0.373 bits per heavy atom. The van der Waals surface area contributed by atoms with Gasteiger partial charge < -0.3 is 65.6 Å². The zero-order valence-corrected chi connectivity index (χ0v) is 45.9. The topological polar surface area (TPSA) is 78.2 Å². The summed E-state index contributed by atoms with van der Waals surface area (Å²) in [6.07, 6.45) is 17.0. The van der Waals surface area contributed by atoms with Gasteiger partial charge in [-0.05, 0) is 76.4 Å². The number of hydrogen-bond donors (Lipinski definition) is 2. The van der Waals surface area contributed by atoms with Crippen LogP contribution in [0.3, 0.4) is 0 Å². The Morgan fingerprint density at radius 3 is 1.05 bits per heavy atom. The van der Waals surface area contributed by atoms with Crippen molar-refractivity contribution in [3.05, 3.63) is 281 Å². The molecule has 0 radical (unpaired) electrons. The zero-order valence-electron chi connectivity index (χ0n) is 41.1. The third kappa shape index (κ3) is 11.7. The van der Waals surface area contributed by atoms with Crippen molar-refractivity contribution in [3.8, 4) is 22.3 Å². The Labute approximate surface area is 468 Å². The van der Waals surface area contributed by atoms with Crippen LogP contribution in [0.1, 0.15) is 56.2 Å². The summed E-state index contributed by atoms with van der Waals surface area (Å²) in [5.74, 6) is 0. The van der Waals surface area contributed by atoms with Gasteiger partial charge in [-0.15, -0.1) is 0 Å². The largest absolute Gasteiger partial charge is 1.00 e. The van der Waals surface area contributed by atoms with Crippen molar-refractivity contribution >= 4 is 45.4 Å². The summed E-state index contributed by atoms with van der Waals surface area (Å²) in [6.45, 7) is 2.92. The van der Waals surface area contributed by atoms with E-state index in [2.05, 4.69) is 243 Å². The van der Waals surface area contributed by atoms with Crippen molar-refractivity contribution in [1.82, 2.24) is 19.9 Å². The molecular formula is C64H52Br3N7O. The standard InChI is InChI=1S/C64H52N7O.3BrH/c1-72-44-48-17-25-52(26-18-48)56-40-64-63-39-55(51-23-15-47(16-24-51)43-71-35-9-4-10-36-71)58(67-63)28-27-57-53(49-19-11-45(12-20-49)41-69-31-5-2-6-32-69)37-61(65-57)62-38-54(59(66-62)29-30-60(56)68-64)50-21-13-46(14-22-50)42-70-33-7-3-8-34-70;;;/h2-40,66-67H,41-44H2,1H3;3*1H/q+3;;;/p-3. The van der Waals surface area contributed by atoms with E-state index in [4.69, 9.17) is 14.7 Å². The molecule has 12 rings (SSSR count). The quantitative estimate of drug-likeness (QED) is 0.185. The number of benzene rings is 4. The first kappa shape index (κ1) is 52.2. The maximum atomic E-state index is 5.46. The van der Waals surface area contributed by atoms with Crippen LogP contribution in [0.4, 0.5) is 0 Å². The minimum Gasteiger partial charge on any atom is -1.00 e. The smallest absolute Gasteiger partial charge is 0.173 e. The van der Waals surface area contributed by atoms with E-state index in [-0.39, 0.29) is 50.9 Å². The minimum atomic E-state index is 0. The van der Waals surface area contributed by atoms with Gasteiger partial charge in [0.2, 0.25) is 0 Å². The van der Waals surface area contributed by atoms with E-state index in [0.29, 0.717) is 6.61 Å². The van der Waals surface area contributed by atoms with Gasteiger partial charge >= 0.3 is 0 Å². The van der Waals surface area contributed by atoms with Gasteiger partial charge in [-0.2, -0.15) is 0 Å². The van der Waals surface area contributed by atoms with E-state index in [9.17, 15) is 0 Å². The van der Waals surface area contributed by atoms with Gasteiger partial charge in [-0.1, -0.05) is 115 Å². The lowest BCUT2D eigenvalue weighted by Gasteiger charge is -2.05. The first-order chi connectivity index (χ1) is 35.5. The Bertz CT molecular complexity index is 3800. The van der Waals surface area contributed by atoms with Crippen LogP contribution >= 0.6 is 0 Å². The third-order valence-electron chi connectivity index (χ3n) is 13.5. The van der Waals surface area contributed by atoms with Gasteiger partial charge in [0.05, 0.1) is 40.4 Å². The lowest BCUT2D eigenvalue weighted by atomic mass is 10.0. The summed E-state index contributed by atoms with van der Waals surface area (Å²) < 4.78 is 12.0. The second-order valence-corrected chi connectivity index (χ2v) is 18.4. The van der Waals surface area contributed by atoms with Crippen molar-refractivity contribution < 1.29 is 69.4 Å². The number of methoxy groups -OCH3 is 1. The molecule has 8 bridgehead atoms. The van der Waals surface area contributed by atoms with Crippen LogP contribution in [0.5, 0.6) is 0 Å². The van der Waals surface area contributed by atoms with Crippen LogP contribution < -0.4 is 64.6 Å². The Balaban J connectivity index is 0.00000230. The van der Waals surface area contributed by atoms with Crippen molar-refractivity contribution in [3.63, 3.8) is 0 Å². The lowest BCUT2D eigenvalue weighted by molar-refractivity contribution is -0.688. The van der Waals surface area contributed by atoms with E-state index in [1.165, 1.54) is 16.7 Å². The fourth-order valence-corrected chi connectivity index (χ4v) is 9.71. The summed E-state index contributed by atoms with van der Waals surface area (Å²) in [5.41, 5.74) is 20.7. The van der Waals surface area contributed by atoms with E-state index in [1.807, 2.05) is 18.2 Å². The van der Waals surface area contributed by atoms with Crippen LogP contribution in [0, 0.1) is 0 Å². The van der Waals surface area contributed by atoms with Gasteiger partial charge in [-0.3, -0.25) is 0 Å². The minimum absolute atomic E-state index is 0. The highest BCUT2D eigenvalue weighted by Gasteiger charge is 2.19. The number of rotatable bonds is 12. The number of pyridine rings is 3. The van der Waals surface area contributed by atoms with E-state index < -0.39 is 0 Å². The second kappa shape index (κ2) is 23.7. The van der Waals surface area contributed by atoms with Gasteiger partial charge in [0.1, 0.15) is 0 Å². The van der Waals surface area contributed by atoms with E-state index in [1.54, 1.807) is 7.11 Å². The Morgan fingerprint density at radius 2 is 0.707 bits per heavy atom. The molecule has 0 aliphatic carbocycles. The van der Waals surface area contributed by atoms with Crippen LogP contribution in [0.15, 0.2) is 225 Å². The van der Waals surface area contributed by atoms with Gasteiger partial charge in [-0.25, -0.2) is 23.7 Å². The SMILES string of the molecule is COCc1ccc(C2=Cc3nc2ccc2[nH]c(cc2-c2ccc(C[n+]4ccccc4)cc2)c2nc(ccc4[nH]c3cc4-c3ccc(C[n+]4ccccc4)cc3)C(c3ccc(C[n+]4ccccc4)cc3)=C2)cc1.[Br-].[Br-].[Br-]. The number of ether oxygens (including phenoxy) is 1. The molecule has 0 spiro atoms. The molecule has 8 nitrogen and oxygen atoms in total. The van der Waals surface area contributed by atoms with Crippen LogP contribution in [-0.4, -0.2) is 27.0 Å². The highest BCUT2D eigenvalue weighted by Crippen LogP contribution is 2.36. The van der Waals surface area contributed by atoms with Gasteiger partial charge in [0.15, 0.2) is 56.8 Å². The number of halogens is 3. The summed E-state index contributed by atoms with van der Waals surface area (Å²) >= 11 is 0. The van der Waals surface area contributed by atoms with Crippen LogP contribution in [0.25, 0.3) is 67.6 Å². The molecule has 0 unspecified atom stereocenters. The predicted octanol–water partition coefficient (Wildman–Crippen LogP) is 2.99. The number of nitrogens with one attached hydrogen (secondary N) is 2. The molecule has 2 N–H and O–H groups in total. The first-order valence-electron chi connectivity index (χ1n) is 24.4. The summed E-state index contributed by atoms with van der Waals surface area (Å²) in [4.78, 5) is 18.5. The number of aromatic nitrogens is 7. The summed E-state index contributed by atoms with van der Waals surface area (Å²) in [7, 11) is 1.73. The maximum Gasteiger partial charge on any atom is 0.173 e. The molecule has 6 aromatic heterocycles. The molecule has 2 aliphatic rings. The zero-order chi connectivity index (χ0) is 48.2. The molecule has 11 heteroatoms. The molecule has 370 valence electrons. The third-order valence-corrected chi connectivity index (χ3v) is 13.5. The number of nitrogens with zero attached hydrogens (tertiary/aromatic N) is 5.